The number of anilines is 1. The Bertz CT molecular complexity index is 1330. The number of carbonyl (C=O) groups is 1. The summed E-state index contributed by atoms with van der Waals surface area (Å²) in [5, 5.41) is 3.47. The van der Waals surface area contributed by atoms with Gasteiger partial charge in [-0.15, -0.1) is 0 Å². The van der Waals surface area contributed by atoms with E-state index in [4.69, 9.17) is 14.1 Å². The molecule has 5 rings (SSSR count). The molecule has 156 valence electrons. The van der Waals surface area contributed by atoms with Gasteiger partial charge in [0.25, 0.3) is 5.91 Å². The number of hydrogen-bond donors (Lipinski definition) is 1. The third-order valence-corrected chi connectivity index (χ3v) is 5.55. The molecule has 7 nitrogen and oxygen atoms in total. The van der Waals surface area contributed by atoms with Crippen molar-refractivity contribution in [1.82, 2.24) is 9.55 Å². The Hall–Kier alpha value is -3.87. The lowest BCUT2D eigenvalue weighted by atomic mass is 10.1. The molecule has 0 bridgehead atoms. The number of nitrogens with zero attached hydrogens (tertiary/aromatic N) is 2. The Morgan fingerprint density at radius 2 is 2.03 bits per heavy atom. The number of imidazole rings is 1. The number of ether oxygens (including phenoxy) is 1. The first-order valence-electron chi connectivity index (χ1n) is 10.2. The van der Waals surface area contributed by atoms with Gasteiger partial charge in [0.05, 0.1) is 18.5 Å². The number of fused-ring (bicyclic) bond motifs is 2. The normalized spacial score (nSPS) is 13.1. The molecule has 1 aliphatic rings. The van der Waals surface area contributed by atoms with E-state index < -0.39 is 11.5 Å². The van der Waals surface area contributed by atoms with Crippen LogP contribution in [-0.4, -0.2) is 22.6 Å². The number of rotatable bonds is 4. The van der Waals surface area contributed by atoms with Gasteiger partial charge in [0, 0.05) is 30.1 Å². The molecule has 2 aromatic heterocycles. The van der Waals surface area contributed by atoms with Crippen LogP contribution in [0.1, 0.15) is 29.0 Å². The summed E-state index contributed by atoms with van der Waals surface area (Å²) < 4.78 is 12.8. The smallest absolute Gasteiger partial charge is 0.349 e. The highest BCUT2D eigenvalue weighted by Gasteiger charge is 2.19. The van der Waals surface area contributed by atoms with Gasteiger partial charge in [-0.25, -0.2) is 9.78 Å². The molecule has 0 saturated carbocycles. The van der Waals surface area contributed by atoms with Crippen molar-refractivity contribution in [3.8, 4) is 17.0 Å². The van der Waals surface area contributed by atoms with E-state index in [-0.39, 0.29) is 5.56 Å². The molecule has 7 heteroatoms. The van der Waals surface area contributed by atoms with Gasteiger partial charge in [-0.3, -0.25) is 4.79 Å². The highest BCUT2D eigenvalue weighted by atomic mass is 16.5. The number of para-hydroxylation sites is 2. The Labute approximate surface area is 178 Å². The Morgan fingerprint density at radius 3 is 2.87 bits per heavy atom. The molecule has 0 atom stereocenters. The van der Waals surface area contributed by atoms with Crippen LogP contribution in [0, 0.1) is 0 Å². The average molecular weight is 415 g/mol. The maximum absolute atomic E-state index is 13.0. The quantitative estimate of drug-likeness (QED) is 0.504. The summed E-state index contributed by atoms with van der Waals surface area (Å²) >= 11 is 0. The van der Waals surface area contributed by atoms with Crippen molar-refractivity contribution in [3.05, 3.63) is 76.5 Å². The third kappa shape index (κ3) is 3.48. The van der Waals surface area contributed by atoms with Crippen molar-refractivity contribution in [2.45, 2.75) is 25.8 Å². The van der Waals surface area contributed by atoms with Crippen molar-refractivity contribution in [2.24, 2.45) is 0 Å². The van der Waals surface area contributed by atoms with E-state index in [2.05, 4.69) is 9.88 Å². The van der Waals surface area contributed by atoms with Crippen LogP contribution in [0.25, 0.3) is 22.2 Å². The fourth-order valence-corrected chi connectivity index (χ4v) is 3.98. The summed E-state index contributed by atoms with van der Waals surface area (Å²) in [5.74, 6) is 0.969. The van der Waals surface area contributed by atoms with Crippen LogP contribution in [0.4, 0.5) is 5.69 Å². The van der Waals surface area contributed by atoms with Gasteiger partial charge in [-0.05, 0) is 31.0 Å². The predicted molar refractivity (Wildman–Crippen MR) is 118 cm³/mol. The standard InChI is InChI=1S/C24H21N3O4/c1-30-20-10-6-7-15-13-17(24(29)31-22(15)20)23(28)26-18-9-3-2-8-16(18)19-14-27-12-5-4-11-21(27)25-19/h2-3,6-10,13-14H,4-5,11-12H2,1H3,(H,26,28). The van der Waals surface area contributed by atoms with Crippen molar-refractivity contribution >= 4 is 22.6 Å². The number of aryl methyl sites for hydroxylation is 2. The third-order valence-electron chi connectivity index (χ3n) is 5.55. The van der Waals surface area contributed by atoms with Gasteiger partial charge in [0.2, 0.25) is 0 Å². The van der Waals surface area contributed by atoms with E-state index in [0.717, 1.165) is 42.9 Å². The van der Waals surface area contributed by atoms with Gasteiger partial charge >= 0.3 is 5.63 Å². The zero-order valence-corrected chi connectivity index (χ0v) is 17.1. The van der Waals surface area contributed by atoms with Gasteiger partial charge in [0.1, 0.15) is 11.4 Å². The van der Waals surface area contributed by atoms with Crippen molar-refractivity contribution in [2.75, 3.05) is 12.4 Å². The van der Waals surface area contributed by atoms with Crippen molar-refractivity contribution in [3.63, 3.8) is 0 Å². The SMILES string of the molecule is COc1cccc2cc(C(=O)Nc3ccccc3-c3cn4c(n3)CCCC4)c(=O)oc12. The predicted octanol–water partition coefficient (Wildman–Crippen LogP) is 4.25. The number of benzene rings is 2. The molecular formula is C24H21N3O4. The minimum Gasteiger partial charge on any atom is -0.493 e. The lowest BCUT2D eigenvalue weighted by molar-refractivity contribution is 0.102. The van der Waals surface area contributed by atoms with Crippen LogP contribution >= 0.6 is 0 Å². The number of aromatic nitrogens is 2. The fourth-order valence-electron chi connectivity index (χ4n) is 3.98. The topological polar surface area (TPSA) is 86.4 Å². The largest absolute Gasteiger partial charge is 0.493 e. The molecule has 2 aromatic carbocycles. The first-order valence-corrected chi connectivity index (χ1v) is 10.2. The van der Waals surface area contributed by atoms with Crippen LogP contribution < -0.4 is 15.7 Å². The Kier molecular flexibility index (Phi) is 4.78. The molecule has 0 saturated heterocycles. The second-order valence-electron chi connectivity index (χ2n) is 7.52. The molecule has 1 N–H and O–H groups in total. The average Bonchev–Trinajstić information content (AvgIpc) is 3.22. The summed E-state index contributed by atoms with van der Waals surface area (Å²) in [6.07, 6.45) is 5.26. The molecule has 3 heterocycles. The highest BCUT2D eigenvalue weighted by molar-refractivity contribution is 6.07. The number of amides is 1. The van der Waals surface area contributed by atoms with E-state index in [1.807, 2.05) is 24.4 Å². The molecule has 0 fully saturated rings. The number of methoxy groups -OCH3 is 1. The minimum absolute atomic E-state index is 0.0697. The van der Waals surface area contributed by atoms with Crippen LogP contribution in [-0.2, 0) is 13.0 Å². The number of carbonyl (C=O) groups excluding carboxylic acids is 1. The van der Waals surface area contributed by atoms with E-state index >= 15 is 0 Å². The molecule has 0 spiro atoms. The second kappa shape index (κ2) is 7.75. The lowest BCUT2D eigenvalue weighted by Crippen LogP contribution is -2.21. The molecule has 0 aliphatic carbocycles. The Morgan fingerprint density at radius 1 is 1.16 bits per heavy atom. The summed E-state index contributed by atoms with van der Waals surface area (Å²) in [7, 11) is 1.50. The lowest BCUT2D eigenvalue weighted by Gasteiger charge is -2.11. The van der Waals surface area contributed by atoms with Crippen LogP contribution in [0.15, 0.2) is 63.9 Å². The summed E-state index contributed by atoms with van der Waals surface area (Å²) in [4.78, 5) is 30.3. The molecule has 1 aliphatic heterocycles. The second-order valence-corrected chi connectivity index (χ2v) is 7.52. The first-order chi connectivity index (χ1) is 15.1. The zero-order chi connectivity index (χ0) is 21.4. The zero-order valence-electron chi connectivity index (χ0n) is 17.1. The van der Waals surface area contributed by atoms with E-state index in [1.54, 1.807) is 24.3 Å². The molecule has 0 unspecified atom stereocenters. The van der Waals surface area contributed by atoms with Gasteiger partial charge in [0.15, 0.2) is 11.3 Å². The molecular weight excluding hydrogens is 394 g/mol. The van der Waals surface area contributed by atoms with Gasteiger partial charge in [-0.1, -0.05) is 30.3 Å². The number of nitrogens with one attached hydrogen (secondary N) is 1. The van der Waals surface area contributed by atoms with E-state index in [1.165, 1.54) is 13.2 Å². The maximum Gasteiger partial charge on any atom is 0.349 e. The van der Waals surface area contributed by atoms with E-state index in [0.29, 0.717) is 22.4 Å². The molecule has 4 aromatic rings. The molecule has 0 radical (unpaired) electrons. The van der Waals surface area contributed by atoms with Crippen molar-refractivity contribution < 1.29 is 13.9 Å². The first kappa shape index (κ1) is 19.1. The summed E-state index contributed by atoms with van der Waals surface area (Å²) in [5.41, 5.74) is 1.74. The number of hydrogen-bond acceptors (Lipinski definition) is 5. The maximum atomic E-state index is 13.0. The van der Waals surface area contributed by atoms with Crippen molar-refractivity contribution in [1.29, 1.82) is 0 Å². The van der Waals surface area contributed by atoms with E-state index in [9.17, 15) is 9.59 Å². The molecule has 31 heavy (non-hydrogen) atoms. The van der Waals surface area contributed by atoms with Gasteiger partial charge < -0.3 is 19.0 Å². The monoisotopic (exact) mass is 415 g/mol. The fraction of sp³-hybridized carbons (Fsp3) is 0.208. The summed E-state index contributed by atoms with van der Waals surface area (Å²) in [6, 6.07) is 14.2. The van der Waals surface area contributed by atoms with Crippen LogP contribution in [0.2, 0.25) is 0 Å². The molecule has 1 amide bonds. The van der Waals surface area contributed by atoms with Gasteiger partial charge in [-0.2, -0.15) is 0 Å². The minimum atomic E-state index is -0.718. The van der Waals surface area contributed by atoms with Crippen LogP contribution in [0.5, 0.6) is 5.75 Å². The Balaban J connectivity index is 1.50. The highest BCUT2D eigenvalue weighted by Crippen LogP contribution is 2.30. The van der Waals surface area contributed by atoms with Crippen LogP contribution in [0.3, 0.4) is 0 Å². The summed E-state index contributed by atoms with van der Waals surface area (Å²) in [6.45, 7) is 0.957.